The Balaban J connectivity index is 1.10. The van der Waals surface area contributed by atoms with Crippen LogP contribution in [-0.4, -0.2) is 380 Å². The molecule has 84 heavy (non-hydrogen) atoms. The molecule has 7 heterocycles. The third kappa shape index (κ3) is 14.9. The van der Waals surface area contributed by atoms with E-state index in [0.29, 0.717) is 0 Å². The smallest absolute Gasteiger partial charge is 0.217 e. The topological polar surface area (TPSA) is 603 Å². The van der Waals surface area contributed by atoms with Crippen molar-refractivity contribution in [2.75, 3.05) is 46.2 Å². The lowest BCUT2D eigenvalue weighted by molar-refractivity contribution is -0.390. The molecular formula is C46H78N2O36. The number of nitrogens with one attached hydrogen (secondary N) is 2. The Morgan fingerprint density at radius 3 is 1.05 bits per heavy atom. The lowest BCUT2D eigenvalue weighted by Gasteiger charge is -2.49. The first-order valence-electron chi connectivity index (χ1n) is 26.6. The fourth-order valence-corrected chi connectivity index (χ4v) is 10.6. The van der Waals surface area contributed by atoms with Crippen molar-refractivity contribution in [3.8, 4) is 0 Å². The molecule has 0 bridgehead atoms. The highest BCUT2D eigenvalue weighted by molar-refractivity contribution is 5.73. The van der Waals surface area contributed by atoms with E-state index in [2.05, 4.69) is 10.6 Å². The van der Waals surface area contributed by atoms with Crippen LogP contribution in [0.5, 0.6) is 0 Å². The fourth-order valence-electron chi connectivity index (χ4n) is 10.6. The normalized spacial score (nSPS) is 50.3. The third-order valence-electron chi connectivity index (χ3n) is 15.3. The van der Waals surface area contributed by atoms with E-state index < -0.39 is 273 Å². The molecule has 38 nitrogen and oxygen atoms in total. The van der Waals surface area contributed by atoms with Crippen LogP contribution in [-0.2, 0) is 71.2 Å². The Hall–Kier alpha value is -2.42. The van der Waals surface area contributed by atoms with Gasteiger partial charge in [-0.15, -0.1) is 0 Å². The second-order valence-corrected chi connectivity index (χ2v) is 21.1. The highest BCUT2D eigenvalue weighted by Crippen LogP contribution is 2.37. The van der Waals surface area contributed by atoms with Crippen LogP contribution in [0.15, 0.2) is 0 Å². The number of aliphatic hydroxyl groups excluding tert-OH is 21. The largest absolute Gasteiger partial charge is 0.394 e. The predicted molar refractivity (Wildman–Crippen MR) is 255 cm³/mol. The molecule has 7 saturated heterocycles. The summed E-state index contributed by atoms with van der Waals surface area (Å²) in [5.41, 5.74) is 0. The zero-order valence-corrected chi connectivity index (χ0v) is 44.7. The van der Waals surface area contributed by atoms with Gasteiger partial charge in [0.1, 0.15) is 171 Å². The lowest BCUT2D eigenvalue weighted by atomic mass is 9.95. The van der Waals surface area contributed by atoms with Crippen molar-refractivity contribution in [2.45, 2.75) is 229 Å². The van der Waals surface area contributed by atoms with E-state index in [1.54, 1.807) is 0 Å². The van der Waals surface area contributed by atoms with Crippen LogP contribution in [0, 0.1) is 0 Å². The molecule has 0 spiro atoms. The minimum absolute atomic E-state index is 0.780. The summed E-state index contributed by atoms with van der Waals surface area (Å²) in [6, 6.07) is -3.28. The van der Waals surface area contributed by atoms with E-state index in [0.717, 1.165) is 13.8 Å². The van der Waals surface area contributed by atoms with Gasteiger partial charge in [0.25, 0.3) is 0 Å². The Morgan fingerprint density at radius 1 is 0.310 bits per heavy atom. The van der Waals surface area contributed by atoms with E-state index in [-0.39, 0.29) is 0 Å². The van der Waals surface area contributed by atoms with Gasteiger partial charge in [0, 0.05) is 13.8 Å². The molecule has 3 unspecified atom stereocenters. The van der Waals surface area contributed by atoms with Crippen LogP contribution in [0.2, 0.25) is 0 Å². The van der Waals surface area contributed by atoms with Crippen molar-refractivity contribution in [3.05, 3.63) is 0 Å². The SMILES string of the molecule is CC(=O)NC1[C@@H](O)[C@H](O[C@@H]2O[C@H](CO[C@H]3O[C@H](CO[C@H]4O[C@H](CO)C(O[C@@H]5O[C@H](CO)[C@@H](O)[C@H](O)[C@@H]5O)[C@H](O)[C@H]4NC(C)=O)[C@@H](O)[C@H](O)[C@@H]3O)C(O)[C@H](O[C@H]3O[C@H](CO)[C@@H](O)[C@H](O[C@H]4O[C@H](CO)[C@@H](O)[C@H](O)[C@@H]4O)[C@@H]3O)[C@@H]2O)[C@@H](CO)O[C@@H]1O. The molecule has 38 heteroatoms. The molecule has 488 valence electrons. The first-order valence-corrected chi connectivity index (χ1v) is 26.6. The number of hydrogen-bond donors (Lipinski definition) is 23. The monoisotopic (exact) mass is 1230 g/mol. The molecular weight excluding hydrogens is 1160 g/mol. The van der Waals surface area contributed by atoms with Gasteiger partial charge in [-0.1, -0.05) is 0 Å². The van der Waals surface area contributed by atoms with Gasteiger partial charge in [-0.05, 0) is 0 Å². The molecule has 2 amide bonds. The summed E-state index contributed by atoms with van der Waals surface area (Å²) in [4.78, 5) is 24.4. The molecule has 0 aliphatic carbocycles. The molecule has 0 radical (unpaired) electrons. The number of rotatable bonds is 21. The minimum atomic E-state index is -2.31. The molecule has 7 fully saturated rings. The van der Waals surface area contributed by atoms with Crippen molar-refractivity contribution < 1.29 is 178 Å². The van der Waals surface area contributed by atoms with Crippen LogP contribution in [0.3, 0.4) is 0 Å². The van der Waals surface area contributed by atoms with Gasteiger partial charge in [0.05, 0.1) is 46.2 Å². The summed E-state index contributed by atoms with van der Waals surface area (Å²) in [6.45, 7) is -4.61. The van der Waals surface area contributed by atoms with Crippen molar-refractivity contribution in [1.29, 1.82) is 0 Å². The third-order valence-corrected chi connectivity index (χ3v) is 15.3. The molecule has 0 aromatic carbocycles. The number of aliphatic hydroxyl groups is 21. The first kappa shape index (κ1) is 69.1. The Labute approximate surface area is 475 Å². The van der Waals surface area contributed by atoms with Gasteiger partial charge in [-0.3, -0.25) is 9.59 Å². The maximum Gasteiger partial charge on any atom is 0.217 e. The molecule has 7 aliphatic heterocycles. The summed E-state index contributed by atoms with van der Waals surface area (Å²) in [5.74, 6) is -1.58. The van der Waals surface area contributed by atoms with Gasteiger partial charge in [0.15, 0.2) is 44.0 Å². The van der Waals surface area contributed by atoms with Crippen molar-refractivity contribution in [3.63, 3.8) is 0 Å². The number of carbonyl (C=O) groups is 2. The van der Waals surface area contributed by atoms with Gasteiger partial charge in [0.2, 0.25) is 11.8 Å². The van der Waals surface area contributed by atoms with Gasteiger partial charge in [-0.25, -0.2) is 0 Å². The molecule has 0 aromatic heterocycles. The summed E-state index contributed by atoms with van der Waals surface area (Å²) in [5, 5.41) is 230. The van der Waals surface area contributed by atoms with Crippen molar-refractivity contribution in [1.82, 2.24) is 10.6 Å². The van der Waals surface area contributed by atoms with Crippen LogP contribution < -0.4 is 10.6 Å². The second kappa shape index (κ2) is 29.9. The first-order chi connectivity index (χ1) is 39.7. The molecule has 35 atom stereocenters. The molecule has 0 aromatic rings. The number of carbonyl (C=O) groups excluding carboxylic acids is 2. The van der Waals surface area contributed by atoms with Gasteiger partial charge in [-0.2, -0.15) is 0 Å². The lowest BCUT2D eigenvalue weighted by Crippen LogP contribution is -2.69. The number of amides is 2. The van der Waals surface area contributed by atoms with Crippen molar-refractivity contribution in [2.24, 2.45) is 0 Å². The number of hydrogen-bond acceptors (Lipinski definition) is 36. The summed E-state index contributed by atoms with van der Waals surface area (Å²) < 4.78 is 73.8. The zero-order valence-electron chi connectivity index (χ0n) is 44.7. The average molecular weight is 1240 g/mol. The fraction of sp³-hybridized carbons (Fsp3) is 0.957. The minimum Gasteiger partial charge on any atom is -0.394 e. The van der Waals surface area contributed by atoms with Crippen LogP contribution in [0.4, 0.5) is 0 Å². The molecule has 23 N–H and O–H groups in total. The van der Waals surface area contributed by atoms with Gasteiger partial charge < -0.3 is 179 Å². The molecule has 7 rings (SSSR count). The van der Waals surface area contributed by atoms with E-state index in [4.69, 9.17) is 61.6 Å². The molecule has 0 saturated carbocycles. The average Bonchev–Trinajstić information content (AvgIpc) is 1.81. The van der Waals surface area contributed by atoms with E-state index in [9.17, 15) is 117 Å². The summed E-state index contributed by atoms with van der Waals surface area (Å²) in [7, 11) is 0. The highest BCUT2D eigenvalue weighted by atomic mass is 16.8. The quantitative estimate of drug-likeness (QED) is 0.0507. The van der Waals surface area contributed by atoms with E-state index in [1.165, 1.54) is 0 Å². The van der Waals surface area contributed by atoms with Crippen LogP contribution in [0.1, 0.15) is 13.8 Å². The van der Waals surface area contributed by atoms with Crippen LogP contribution in [0.25, 0.3) is 0 Å². The van der Waals surface area contributed by atoms with Crippen LogP contribution >= 0.6 is 0 Å². The van der Waals surface area contributed by atoms with Crippen molar-refractivity contribution >= 4 is 11.8 Å². The Kier molecular flexibility index (Phi) is 24.6. The maximum atomic E-state index is 12.4. The zero-order chi connectivity index (χ0) is 61.9. The van der Waals surface area contributed by atoms with E-state index in [1.807, 2.05) is 0 Å². The molecule has 7 aliphatic rings. The predicted octanol–water partition coefficient (Wildman–Crippen LogP) is -16.0. The summed E-state index contributed by atoms with van der Waals surface area (Å²) >= 11 is 0. The Bertz CT molecular complexity index is 2060. The Morgan fingerprint density at radius 2 is 0.607 bits per heavy atom. The van der Waals surface area contributed by atoms with E-state index >= 15 is 0 Å². The van der Waals surface area contributed by atoms with Gasteiger partial charge >= 0.3 is 0 Å². The summed E-state index contributed by atoms with van der Waals surface area (Å²) in [6.07, 6.45) is -64.2. The maximum absolute atomic E-state index is 12.4. The highest BCUT2D eigenvalue weighted by Gasteiger charge is 2.58. The standard InChI is InChI=1S/C46H78N2O36/c1-10(54)47-19-26(61)36(15(6-52)74-40(19)71)82-46-35(70)39(84-45-34(69)38(24(59)14(5-51)77-45)83-44-33(68)29(64)22(57)13(4-50)76-44)25(60)18(80-46)9-73-42-31(66)30(65)23(58)17(79-42)8-72-41-20(48-11(2)55)27(62)37(16(7-53)78-41)81-43-32(67)28(63)21(56)12(3-49)75-43/h12-46,49-53,56-71H,3-9H2,1-2H3,(H,47,54)(H,48,55)/t12-,13-,14-,15-,16-,17-,18-,19?,20-,21-,22-,23-,24-,25?,26-,27-,28+,29+,30+,31+,32+,33+,34+,35+,36-,37?,38+,39+,40+,41+,42+,43+,44-,45-,46+/m1/s1. The number of ether oxygens (including phenoxy) is 13. The second-order valence-electron chi connectivity index (χ2n) is 21.1.